The molecule has 0 bridgehead atoms. The predicted octanol–water partition coefficient (Wildman–Crippen LogP) is 3.52. The molecule has 0 aliphatic carbocycles. The van der Waals surface area contributed by atoms with Gasteiger partial charge in [0.05, 0.1) is 10.9 Å². The highest BCUT2D eigenvalue weighted by Crippen LogP contribution is 2.21. The Morgan fingerprint density at radius 3 is 2.40 bits per heavy atom. The van der Waals surface area contributed by atoms with E-state index in [1.165, 1.54) is 31.2 Å². The van der Waals surface area contributed by atoms with E-state index in [4.69, 9.17) is 11.6 Å². The number of nitrogens with one attached hydrogen (secondary N) is 2. The van der Waals surface area contributed by atoms with Gasteiger partial charge in [0, 0.05) is 10.7 Å². The van der Waals surface area contributed by atoms with Gasteiger partial charge in [0.2, 0.25) is 15.9 Å². The molecule has 0 spiro atoms. The Kier molecular flexibility index (Phi) is 6.21. The van der Waals surface area contributed by atoms with E-state index >= 15 is 0 Å². The zero-order valence-corrected chi connectivity index (χ0v) is 15.9. The van der Waals surface area contributed by atoms with Crippen LogP contribution >= 0.6 is 11.6 Å². The molecule has 1 amide bonds. The summed E-state index contributed by atoms with van der Waals surface area (Å²) in [5.41, 5.74) is 2.66. The van der Waals surface area contributed by atoms with Gasteiger partial charge in [-0.25, -0.2) is 8.42 Å². The molecule has 5 nitrogen and oxygen atoms in total. The molecule has 2 aromatic carbocycles. The number of anilines is 1. The third kappa shape index (κ3) is 4.81. The number of rotatable bonds is 6. The predicted molar refractivity (Wildman–Crippen MR) is 100 cm³/mol. The van der Waals surface area contributed by atoms with Crippen molar-refractivity contribution in [1.29, 1.82) is 0 Å². The summed E-state index contributed by atoms with van der Waals surface area (Å²) >= 11 is 5.77. The lowest BCUT2D eigenvalue weighted by Gasteiger charge is -2.17. The fourth-order valence-electron chi connectivity index (χ4n) is 2.40. The Morgan fingerprint density at radius 2 is 1.80 bits per heavy atom. The van der Waals surface area contributed by atoms with Crippen LogP contribution in [0.5, 0.6) is 0 Å². The third-order valence-corrected chi connectivity index (χ3v) is 5.65. The van der Waals surface area contributed by atoms with E-state index in [9.17, 15) is 13.2 Å². The van der Waals surface area contributed by atoms with Gasteiger partial charge in [-0.1, -0.05) is 36.7 Å². The summed E-state index contributed by atoms with van der Waals surface area (Å²) in [5, 5.41) is 3.27. The molecule has 2 rings (SSSR count). The molecule has 2 aromatic rings. The highest BCUT2D eigenvalue weighted by atomic mass is 35.5. The first-order valence-corrected chi connectivity index (χ1v) is 9.78. The lowest BCUT2D eigenvalue weighted by Crippen LogP contribution is -2.41. The van der Waals surface area contributed by atoms with Crippen molar-refractivity contribution < 1.29 is 13.2 Å². The van der Waals surface area contributed by atoms with E-state index in [0.717, 1.165) is 23.2 Å². The van der Waals surface area contributed by atoms with Crippen LogP contribution in [0.3, 0.4) is 0 Å². The minimum Gasteiger partial charge on any atom is -0.324 e. The van der Waals surface area contributed by atoms with Crippen LogP contribution in [-0.2, 0) is 21.2 Å². The number of sulfonamides is 1. The summed E-state index contributed by atoms with van der Waals surface area (Å²) in [7, 11) is -3.81. The quantitative estimate of drug-likeness (QED) is 0.805. The van der Waals surface area contributed by atoms with E-state index in [1.807, 2.05) is 32.0 Å². The molecule has 0 unspecified atom stereocenters. The number of carbonyl (C=O) groups is 1. The van der Waals surface area contributed by atoms with E-state index in [2.05, 4.69) is 10.0 Å². The maximum atomic E-state index is 12.4. The first-order valence-electron chi connectivity index (χ1n) is 7.92. The first-order chi connectivity index (χ1) is 11.7. The van der Waals surface area contributed by atoms with Gasteiger partial charge >= 0.3 is 0 Å². The Bertz CT molecular complexity index is 864. The Labute approximate surface area is 153 Å². The topological polar surface area (TPSA) is 75.3 Å². The molecule has 7 heteroatoms. The van der Waals surface area contributed by atoms with E-state index in [1.54, 1.807) is 0 Å². The van der Waals surface area contributed by atoms with E-state index < -0.39 is 22.0 Å². The summed E-state index contributed by atoms with van der Waals surface area (Å²) in [6.45, 7) is 5.40. The van der Waals surface area contributed by atoms with Crippen molar-refractivity contribution in [3.05, 3.63) is 58.6 Å². The van der Waals surface area contributed by atoms with E-state index in [-0.39, 0.29) is 4.90 Å². The number of amides is 1. The smallest absolute Gasteiger partial charge is 0.242 e. The van der Waals surface area contributed by atoms with Crippen LogP contribution in [-0.4, -0.2) is 20.4 Å². The minimum atomic E-state index is -3.81. The first kappa shape index (κ1) is 19.4. The highest BCUT2D eigenvalue weighted by Gasteiger charge is 2.22. The standard InChI is InChI=1S/C18H21ClN2O3S/c1-4-14-7-5-6-12(2)17(14)20-18(22)13(3)21-25(23,24)16-10-8-15(19)9-11-16/h5-11,13,21H,4H2,1-3H3,(H,20,22)/t13-/m0/s1. The van der Waals surface area contributed by atoms with Gasteiger partial charge < -0.3 is 5.32 Å². The number of carbonyl (C=O) groups excluding carboxylic acids is 1. The molecule has 0 radical (unpaired) electrons. The minimum absolute atomic E-state index is 0.0571. The Hall–Kier alpha value is -1.89. The fraction of sp³-hybridized carbons (Fsp3) is 0.278. The van der Waals surface area contributed by atoms with Crippen molar-refractivity contribution in [3.8, 4) is 0 Å². The third-order valence-electron chi connectivity index (χ3n) is 3.84. The molecule has 0 heterocycles. The van der Waals surface area contributed by atoms with Gasteiger partial charge in [0.15, 0.2) is 0 Å². The van der Waals surface area contributed by atoms with Gasteiger partial charge in [-0.15, -0.1) is 0 Å². The van der Waals surface area contributed by atoms with Gasteiger partial charge in [0.1, 0.15) is 0 Å². The largest absolute Gasteiger partial charge is 0.324 e. The second kappa shape index (κ2) is 7.99. The molecule has 0 fully saturated rings. The lowest BCUT2D eigenvalue weighted by molar-refractivity contribution is -0.117. The summed E-state index contributed by atoms with van der Waals surface area (Å²) in [5.74, 6) is -0.415. The maximum absolute atomic E-state index is 12.4. The molecule has 1 atom stereocenters. The lowest BCUT2D eigenvalue weighted by atomic mass is 10.1. The molecule has 0 saturated heterocycles. The molecule has 0 aliphatic heterocycles. The van der Waals surface area contributed by atoms with Crippen molar-refractivity contribution in [1.82, 2.24) is 4.72 Å². The monoisotopic (exact) mass is 380 g/mol. The molecule has 2 N–H and O–H groups in total. The molecular weight excluding hydrogens is 360 g/mol. The van der Waals surface area contributed by atoms with Crippen LogP contribution in [0.1, 0.15) is 25.0 Å². The number of benzene rings is 2. The van der Waals surface area contributed by atoms with Crippen molar-refractivity contribution in [2.24, 2.45) is 0 Å². The average Bonchev–Trinajstić information content (AvgIpc) is 2.56. The van der Waals surface area contributed by atoms with Crippen LogP contribution in [0.4, 0.5) is 5.69 Å². The van der Waals surface area contributed by atoms with Crippen molar-refractivity contribution in [2.45, 2.75) is 38.1 Å². The van der Waals surface area contributed by atoms with Crippen molar-refractivity contribution in [2.75, 3.05) is 5.32 Å². The zero-order valence-electron chi connectivity index (χ0n) is 14.3. The normalized spacial score (nSPS) is 12.6. The molecule has 25 heavy (non-hydrogen) atoms. The second-order valence-corrected chi connectivity index (χ2v) is 7.90. The van der Waals surface area contributed by atoms with Crippen LogP contribution < -0.4 is 10.0 Å². The maximum Gasteiger partial charge on any atom is 0.242 e. The van der Waals surface area contributed by atoms with Gasteiger partial charge in [-0.2, -0.15) is 4.72 Å². The fourth-order valence-corrected chi connectivity index (χ4v) is 3.73. The molecule has 0 aliphatic rings. The van der Waals surface area contributed by atoms with Gasteiger partial charge in [-0.3, -0.25) is 4.79 Å². The van der Waals surface area contributed by atoms with Gasteiger partial charge in [-0.05, 0) is 55.7 Å². The molecular formula is C18H21ClN2O3S. The van der Waals surface area contributed by atoms with Gasteiger partial charge in [0.25, 0.3) is 0 Å². The Morgan fingerprint density at radius 1 is 1.16 bits per heavy atom. The molecule has 0 aromatic heterocycles. The SMILES string of the molecule is CCc1cccc(C)c1NC(=O)[C@H](C)NS(=O)(=O)c1ccc(Cl)cc1. The highest BCUT2D eigenvalue weighted by molar-refractivity contribution is 7.89. The molecule has 134 valence electrons. The van der Waals surface area contributed by atoms with Crippen LogP contribution in [0.25, 0.3) is 0 Å². The summed E-state index contributed by atoms with van der Waals surface area (Å²) in [6.07, 6.45) is 0.766. The number of halogens is 1. The van der Waals surface area contributed by atoms with Crippen LogP contribution in [0.15, 0.2) is 47.4 Å². The number of para-hydroxylation sites is 1. The number of hydrogen-bond donors (Lipinski definition) is 2. The van der Waals surface area contributed by atoms with Crippen molar-refractivity contribution in [3.63, 3.8) is 0 Å². The zero-order chi connectivity index (χ0) is 18.6. The summed E-state index contributed by atoms with van der Waals surface area (Å²) in [4.78, 5) is 12.5. The van der Waals surface area contributed by atoms with Crippen molar-refractivity contribution >= 4 is 33.2 Å². The summed E-state index contributed by atoms with van der Waals surface area (Å²) < 4.78 is 27.1. The Balaban J connectivity index is 2.14. The second-order valence-electron chi connectivity index (χ2n) is 5.75. The van der Waals surface area contributed by atoms with Crippen LogP contribution in [0, 0.1) is 6.92 Å². The number of hydrogen-bond acceptors (Lipinski definition) is 3. The molecule has 0 saturated carbocycles. The van der Waals surface area contributed by atoms with E-state index in [0.29, 0.717) is 5.02 Å². The number of aryl methyl sites for hydroxylation is 2. The summed E-state index contributed by atoms with van der Waals surface area (Å²) in [6, 6.07) is 10.6. The average molecular weight is 381 g/mol. The van der Waals surface area contributed by atoms with Crippen LogP contribution in [0.2, 0.25) is 5.02 Å².